The molecule has 1 aliphatic heterocycles. The minimum atomic E-state index is -4.40. The zero-order valence-corrected chi connectivity index (χ0v) is 18.0. The Balaban J connectivity index is 1.69. The highest BCUT2D eigenvalue weighted by atomic mass is 32.2. The van der Waals surface area contributed by atoms with E-state index >= 15 is 0 Å². The number of nitrogens with zero attached hydrogens (tertiary/aromatic N) is 3. The van der Waals surface area contributed by atoms with Crippen molar-refractivity contribution >= 4 is 15.8 Å². The lowest BCUT2D eigenvalue weighted by Gasteiger charge is -2.18. The molecule has 0 saturated heterocycles. The van der Waals surface area contributed by atoms with E-state index in [1.54, 1.807) is 30.8 Å². The average molecular weight is 460 g/mol. The molecule has 0 bridgehead atoms. The SMILES string of the molecule is Cc1nn(C)c(N2Cc3ccc(C(F)(F)F)cc3C2)c1C#Cc1cccc(S(N)(=O)=O)c1. The van der Waals surface area contributed by atoms with Crippen molar-refractivity contribution < 1.29 is 21.6 Å². The maximum Gasteiger partial charge on any atom is 0.416 e. The molecule has 166 valence electrons. The molecule has 1 aromatic heterocycles. The van der Waals surface area contributed by atoms with E-state index in [-0.39, 0.29) is 4.90 Å². The number of benzene rings is 2. The van der Waals surface area contributed by atoms with Gasteiger partial charge in [0.05, 0.1) is 21.7 Å². The van der Waals surface area contributed by atoms with Crippen molar-refractivity contribution in [2.24, 2.45) is 12.2 Å². The van der Waals surface area contributed by atoms with Crippen LogP contribution in [-0.4, -0.2) is 18.2 Å². The Morgan fingerprint density at radius 2 is 1.78 bits per heavy atom. The largest absolute Gasteiger partial charge is 0.416 e. The van der Waals surface area contributed by atoms with Crippen molar-refractivity contribution in [1.82, 2.24) is 9.78 Å². The number of fused-ring (bicyclic) bond motifs is 1. The third-order valence-electron chi connectivity index (χ3n) is 5.24. The molecule has 0 fully saturated rings. The quantitative estimate of drug-likeness (QED) is 0.595. The summed E-state index contributed by atoms with van der Waals surface area (Å²) in [7, 11) is -2.10. The lowest BCUT2D eigenvalue weighted by atomic mass is 10.1. The maximum absolute atomic E-state index is 13.1. The molecule has 0 radical (unpaired) electrons. The first-order valence-electron chi connectivity index (χ1n) is 9.56. The Kier molecular flexibility index (Phi) is 5.27. The summed E-state index contributed by atoms with van der Waals surface area (Å²) in [5.74, 6) is 6.67. The molecule has 0 unspecified atom stereocenters. The van der Waals surface area contributed by atoms with Gasteiger partial charge in [0.15, 0.2) is 0 Å². The van der Waals surface area contributed by atoms with E-state index in [0.29, 0.717) is 41.3 Å². The minimum absolute atomic E-state index is 0.0390. The number of alkyl halides is 3. The van der Waals surface area contributed by atoms with E-state index < -0.39 is 21.8 Å². The topological polar surface area (TPSA) is 81.2 Å². The highest BCUT2D eigenvalue weighted by Crippen LogP contribution is 2.36. The summed E-state index contributed by atoms with van der Waals surface area (Å²) in [4.78, 5) is 1.89. The number of sulfonamides is 1. The van der Waals surface area contributed by atoms with Gasteiger partial charge in [0.2, 0.25) is 10.0 Å². The Labute approximate surface area is 183 Å². The predicted octanol–water partition coefficient (Wildman–Crippen LogP) is 3.31. The van der Waals surface area contributed by atoms with Crippen LogP contribution < -0.4 is 10.0 Å². The molecule has 2 heterocycles. The summed E-state index contributed by atoms with van der Waals surface area (Å²) >= 11 is 0. The normalized spacial score (nSPS) is 13.6. The van der Waals surface area contributed by atoms with Gasteiger partial charge in [0.1, 0.15) is 5.82 Å². The standard InChI is InChI=1S/C22H19F3N4O2S/c1-14-20(9-6-15-4-3-5-19(10-15)32(26,30)31)21(28(2)27-14)29-12-16-7-8-18(22(23,24)25)11-17(16)13-29/h3-5,7-8,10-11H,12-13H2,1-2H3,(H2,26,30,31). The summed E-state index contributed by atoms with van der Waals surface area (Å²) in [6, 6.07) is 9.77. The first-order chi connectivity index (χ1) is 14.9. The molecule has 2 aromatic carbocycles. The molecule has 1 aliphatic rings. The Bertz CT molecular complexity index is 1380. The van der Waals surface area contributed by atoms with Gasteiger partial charge in [-0.1, -0.05) is 24.0 Å². The fourth-order valence-electron chi connectivity index (χ4n) is 3.76. The summed E-state index contributed by atoms with van der Waals surface area (Å²) in [6.45, 7) is 2.52. The van der Waals surface area contributed by atoms with Crippen molar-refractivity contribution in [2.45, 2.75) is 31.1 Å². The first-order valence-corrected chi connectivity index (χ1v) is 11.1. The van der Waals surface area contributed by atoms with Gasteiger partial charge in [-0.25, -0.2) is 13.6 Å². The van der Waals surface area contributed by atoms with Gasteiger partial charge in [-0.05, 0) is 48.4 Å². The van der Waals surface area contributed by atoms with Gasteiger partial charge in [0, 0.05) is 25.7 Å². The molecular weight excluding hydrogens is 441 g/mol. The summed E-state index contributed by atoms with van der Waals surface area (Å²) < 4.78 is 64.0. The fraction of sp³-hybridized carbons (Fsp3) is 0.227. The van der Waals surface area contributed by atoms with Crippen LogP contribution >= 0.6 is 0 Å². The molecule has 0 aliphatic carbocycles. The number of nitrogens with two attached hydrogens (primary N) is 1. The van der Waals surface area contributed by atoms with Gasteiger partial charge in [-0.3, -0.25) is 4.68 Å². The van der Waals surface area contributed by atoms with Crippen LogP contribution in [0, 0.1) is 18.8 Å². The smallest absolute Gasteiger partial charge is 0.347 e. The molecule has 0 saturated carbocycles. The summed E-state index contributed by atoms with van der Waals surface area (Å²) in [5.41, 5.74) is 2.50. The van der Waals surface area contributed by atoms with Gasteiger partial charge >= 0.3 is 6.18 Å². The third kappa shape index (κ3) is 4.22. The Morgan fingerprint density at radius 1 is 1.06 bits per heavy atom. The van der Waals surface area contributed by atoms with Gasteiger partial charge < -0.3 is 4.90 Å². The van der Waals surface area contributed by atoms with E-state index in [1.165, 1.54) is 24.3 Å². The second kappa shape index (κ2) is 7.69. The van der Waals surface area contributed by atoms with Crippen LogP contribution in [0.5, 0.6) is 0 Å². The van der Waals surface area contributed by atoms with Crippen LogP contribution in [-0.2, 0) is 36.3 Å². The average Bonchev–Trinajstić information content (AvgIpc) is 3.24. The minimum Gasteiger partial charge on any atom is -0.347 e. The third-order valence-corrected chi connectivity index (χ3v) is 6.15. The maximum atomic E-state index is 13.1. The Morgan fingerprint density at radius 3 is 2.47 bits per heavy atom. The zero-order valence-electron chi connectivity index (χ0n) is 17.2. The van der Waals surface area contributed by atoms with Crippen LogP contribution in [0.2, 0.25) is 0 Å². The first kappa shape index (κ1) is 21.9. The molecule has 0 spiro atoms. The fourth-order valence-corrected chi connectivity index (χ4v) is 4.32. The molecule has 2 N–H and O–H groups in total. The number of hydrogen-bond donors (Lipinski definition) is 1. The van der Waals surface area contributed by atoms with E-state index in [0.717, 1.165) is 11.6 Å². The number of anilines is 1. The highest BCUT2D eigenvalue weighted by molar-refractivity contribution is 7.89. The number of hydrogen-bond acceptors (Lipinski definition) is 4. The van der Waals surface area contributed by atoms with Crippen LogP contribution in [0.15, 0.2) is 47.4 Å². The van der Waals surface area contributed by atoms with Gasteiger partial charge in [0.25, 0.3) is 0 Å². The van der Waals surface area contributed by atoms with Crippen LogP contribution in [0.4, 0.5) is 19.0 Å². The second-order valence-corrected chi connectivity index (χ2v) is 9.13. The van der Waals surface area contributed by atoms with E-state index in [9.17, 15) is 21.6 Å². The van der Waals surface area contributed by atoms with E-state index in [4.69, 9.17) is 5.14 Å². The van der Waals surface area contributed by atoms with Crippen molar-refractivity contribution in [3.63, 3.8) is 0 Å². The molecular formula is C22H19F3N4O2S. The van der Waals surface area contributed by atoms with E-state index in [2.05, 4.69) is 16.9 Å². The molecule has 4 rings (SSSR count). The molecule has 10 heteroatoms. The van der Waals surface area contributed by atoms with Gasteiger partial charge in [-0.15, -0.1) is 0 Å². The van der Waals surface area contributed by atoms with Crippen molar-refractivity contribution in [1.29, 1.82) is 0 Å². The van der Waals surface area contributed by atoms with Crippen molar-refractivity contribution in [2.75, 3.05) is 4.90 Å². The van der Waals surface area contributed by atoms with Gasteiger partial charge in [-0.2, -0.15) is 18.3 Å². The number of rotatable bonds is 2. The second-order valence-electron chi connectivity index (χ2n) is 7.57. The Hall–Kier alpha value is -3.29. The monoisotopic (exact) mass is 460 g/mol. The lowest BCUT2D eigenvalue weighted by molar-refractivity contribution is -0.137. The number of aromatic nitrogens is 2. The number of halogens is 3. The van der Waals surface area contributed by atoms with Crippen LogP contribution in [0.1, 0.15) is 33.5 Å². The van der Waals surface area contributed by atoms with E-state index in [1.807, 2.05) is 4.90 Å². The van der Waals surface area contributed by atoms with Crippen LogP contribution in [0.25, 0.3) is 0 Å². The number of aryl methyl sites for hydroxylation is 2. The molecule has 3 aromatic rings. The van der Waals surface area contributed by atoms with Crippen molar-refractivity contribution in [3.05, 3.63) is 76.0 Å². The van der Waals surface area contributed by atoms with Crippen LogP contribution in [0.3, 0.4) is 0 Å². The summed E-state index contributed by atoms with van der Waals surface area (Å²) in [6.07, 6.45) is -4.40. The van der Waals surface area contributed by atoms with Crippen molar-refractivity contribution in [3.8, 4) is 11.8 Å². The highest BCUT2D eigenvalue weighted by Gasteiger charge is 2.33. The number of primary sulfonamides is 1. The predicted molar refractivity (Wildman–Crippen MR) is 113 cm³/mol. The zero-order chi connectivity index (χ0) is 23.3. The molecule has 32 heavy (non-hydrogen) atoms. The molecule has 0 amide bonds. The molecule has 6 nitrogen and oxygen atoms in total. The summed E-state index contributed by atoms with van der Waals surface area (Å²) in [5, 5.41) is 9.60. The molecule has 0 atom stereocenters. The lowest BCUT2D eigenvalue weighted by Crippen LogP contribution is -2.19.